The maximum Gasteiger partial charge on any atom is 0.264 e. The molecular formula is C22H19N5O5S. The number of nitrogens with one attached hydrogen (secondary N) is 2. The molecule has 0 fully saturated rings. The molecule has 0 amide bonds. The average molecular weight is 465 g/mol. The monoisotopic (exact) mass is 465 g/mol. The Labute approximate surface area is 189 Å². The molecule has 10 nitrogen and oxygen atoms in total. The van der Waals surface area contributed by atoms with Crippen molar-refractivity contribution in [2.75, 3.05) is 16.8 Å². The van der Waals surface area contributed by atoms with Crippen LogP contribution in [0.2, 0.25) is 0 Å². The third kappa shape index (κ3) is 4.17. The minimum atomic E-state index is -3.82. The summed E-state index contributed by atoms with van der Waals surface area (Å²) in [6.07, 6.45) is 1.45. The number of benzene rings is 2. The van der Waals surface area contributed by atoms with Gasteiger partial charge in [-0.3, -0.25) is 0 Å². The summed E-state index contributed by atoms with van der Waals surface area (Å²) in [5.74, 6) is 2.02. The van der Waals surface area contributed by atoms with E-state index in [1.165, 1.54) is 18.5 Å². The summed E-state index contributed by atoms with van der Waals surface area (Å²) in [5, 5.41) is 6.92. The molecule has 0 saturated carbocycles. The number of fused-ring (bicyclic) bond motifs is 1. The summed E-state index contributed by atoms with van der Waals surface area (Å²) in [6, 6.07) is 13.7. The van der Waals surface area contributed by atoms with Gasteiger partial charge >= 0.3 is 0 Å². The van der Waals surface area contributed by atoms with Crippen molar-refractivity contribution in [1.82, 2.24) is 15.1 Å². The Bertz CT molecular complexity index is 1430. The number of ether oxygens (including phenoxy) is 2. The van der Waals surface area contributed by atoms with Crippen molar-refractivity contribution in [2.24, 2.45) is 0 Å². The van der Waals surface area contributed by atoms with Gasteiger partial charge in [-0.1, -0.05) is 5.16 Å². The van der Waals surface area contributed by atoms with Gasteiger partial charge in [-0.05, 0) is 56.3 Å². The van der Waals surface area contributed by atoms with Crippen LogP contribution in [0.3, 0.4) is 0 Å². The highest BCUT2D eigenvalue weighted by Gasteiger charge is 2.19. The summed E-state index contributed by atoms with van der Waals surface area (Å²) in [4.78, 5) is 8.65. The molecule has 2 aromatic carbocycles. The van der Waals surface area contributed by atoms with Gasteiger partial charge in [0.2, 0.25) is 12.7 Å². The molecule has 4 aromatic rings. The number of nitrogens with zero attached hydrogens (tertiary/aromatic N) is 3. The molecule has 0 unspecified atom stereocenters. The van der Waals surface area contributed by atoms with Crippen LogP contribution < -0.4 is 19.5 Å². The standard InChI is InChI=1S/C22H19N5O5S/c1-13-14(2)26-32-22(13)27-33(28,29)17-6-4-16(5-7-17)25-21-10-18(23-11-24-21)15-3-8-19-20(9-15)31-12-30-19/h3-11,27H,12H2,1-2H3,(H,23,24,25). The third-order valence-corrected chi connectivity index (χ3v) is 6.50. The first-order chi connectivity index (χ1) is 15.9. The first-order valence-corrected chi connectivity index (χ1v) is 11.4. The van der Waals surface area contributed by atoms with Crippen molar-refractivity contribution in [3.63, 3.8) is 0 Å². The van der Waals surface area contributed by atoms with E-state index in [2.05, 4.69) is 25.2 Å². The molecule has 0 radical (unpaired) electrons. The third-order valence-electron chi connectivity index (χ3n) is 5.16. The molecule has 168 valence electrons. The van der Waals surface area contributed by atoms with Crippen molar-refractivity contribution in [3.8, 4) is 22.8 Å². The lowest BCUT2D eigenvalue weighted by Crippen LogP contribution is -2.13. The Morgan fingerprint density at radius 2 is 1.73 bits per heavy atom. The molecule has 11 heteroatoms. The first kappa shape index (κ1) is 20.8. The number of hydrogen-bond acceptors (Lipinski definition) is 9. The number of sulfonamides is 1. The average Bonchev–Trinajstić information content (AvgIpc) is 3.41. The molecule has 0 bridgehead atoms. The van der Waals surface area contributed by atoms with E-state index in [1.807, 2.05) is 18.2 Å². The quantitative estimate of drug-likeness (QED) is 0.434. The highest BCUT2D eigenvalue weighted by atomic mass is 32.2. The van der Waals surface area contributed by atoms with Crippen LogP contribution in [0.1, 0.15) is 11.3 Å². The molecule has 0 spiro atoms. The summed E-state index contributed by atoms with van der Waals surface area (Å²) < 4.78 is 43.5. The lowest BCUT2D eigenvalue weighted by molar-refractivity contribution is 0.174. The van der Waals surface area contributed by atoms with E-state index in [0.29, 0.717) is 40.0 Å². The predicted octanol–water partition coefficient (Wildman–Crippen LogP) is 4.02. The number of hydrogen-bond donors (Lipinski definition) is 2. The van der Waals surface area contributed by atoms with E-state index >= 15 is 0 Å². The van der Waals surface area contributed by atoms with Gasteiger partial charge in [0.1, 0.15) is 12.1 Å². The fourth-order valence-electron chi connectivity index (χ4n) is 3.20. The largest absolute Gasteiger partial charge is 0.454 e. The van der Waals surface area contributed by atoms with Crippen LogP contribution in [0.4, 0.5) is 17.4 Å². The van der Waals surface area contributed by atoms with Crippen LogP contribution in [-0.4, -0.2) is 30.3 Å². The second-order valence-corrected chi connectivity index (χ2v) is 9.02. The zero-order valence-corrected chi connectivity index (χ0v) is 18.5. The Balaban J connectivity index is 1.32. The molecule has 2 N–H and O–H groups in total. The van der Waals surface area contributed by atoms with Gasteiger partial charge in [0.25, 0.3) is 10.0 Å². The maximum absolute atomic E-state index is 12.7. The predicted molar refractivity (Wildman–Crippen MR) is 120 cm³/mol. The molecule has 0 saturated heterocycles. The van der Waals surface area contributed by atoms with E-state index in [0.717, 1.165) is 5.56 Å². The van der Waals surface area contributed by atoms with Crippen molar-refractivity contribution in [2.45, 2.75) is 18.7 Å². The topological polar surface area (TPSA) is 128 Å². The minimum Gasteiger partial charge on any atom is -0.454 e. The van der Waals surface area contributed by atoms with Gasteiger partial charge in [0, 0.05) is 22.9 Å². The van der Waals surface area contributed by atoms with Crippen LogP contribution in [-0.2, 0) is 10.0 Å². The Kier molecular flexibility index (Phi) is 5.09. The van der Waals surface area contributed by atoms with Gasteiger partial charge in [0.15, 0.2) is 11.5 Å². The molecular weight excluding hydrogens is 446 g/mol. The lowest BCUT2D eigenvalue weighted by Gasteiger charge is -2.09. The van der Waals surface area contributed by atoms with Crippen LogP contribution in [0.5, 0.6) is 11.5 Å². The van der Waals surface area contributed by atoms with E-state index in [9.17, 15) is 8.42 Å². The molecule has 0 aliphatic carbocycles. The second-order valence-electron chi connectivity index (χ2n) is 7.33. The second kappa shape index (κ2) is 8.10. The lowest BCUT2D eigenvalue weighted by atomic mass is 10.1. The Morgan fingerprint density at radius 3 is 2.48 bits per heavy atom. The van der Waals surface area contributed by atoms with Crippen molar-refractivity contribution in [1.29, 1.82) is 0 Å². The molecule has 33 heavy (non-hydrogen) atoms. The fourth-order valence-corrected chi connectivity index (χ4v) is 4.24. The fraction of sp³-hybridized carbons (Fsp3) is 0.136. The molecule has 5 rings (SSSR count). The van der Waals surface area contributed by atoms with Crippen LogP contribution in [0.25, 0.3) is 11.3 Å². The Morgan fingerprint density at radius 1 is 0.939 bits per heavy atom. The van der Waals surface area contributed by atoms with Crippen molar-refractivity contribution >= 4 is 27.4 Å². The summed E-state index contributed by atoms with van der Waals surface area (Å²) >= 11 is 0. The van der Waals surface area contributed by atoms with Gasteiger partial charge in [0.05, 0.1) is 16.3 Å². The summed E-state index contributed by atoms with van der Waals surface area (Å²) in [7, 11) is -3.82. The van der Waals surface area contributed by atoms with E-state index in [-0.39, 0.29) is 17.6 Å². The number of aryl methyl sites for hydroxylation is 1. The van der Waals surface area contributed by atoms with Crippen LogP contribution >= 0.6 is 0 Å². The van der Waals surface area contributed by atoms with E-state index in [1.54, 1.807) is 32.0 Å². The molecule has 0 atom stereocenters. The van der Waals surface area contributed by atoms with E-state index < -0.39 is 10.0 Å². The first-order valence-electron chi connectivity index (χ1n) is 9.94. The van der Waals surface area contributed by atoms with Crippen LogP contribution in [0.15, 0.2) is 64.3 Å². The SMILES string of the molecule is Cc1noc(NS(=O)(=O)c2ccc(Nc3cc(-c4ccc5c(c4)OCO5)ncn3)cc2)c1C. The van der Waals surface area contributed by atoms with Crippen molar-refractivity contribution in [3.05, 3.63) is 66.1 Å². The van der Waals surface area contributed by atoms with Crippen LogP contribution in [0, 0.1) is 13.8 Å². The van der Waals surface area contributed by atoms with Gasteiger partial charge in [-0.15, -0.1) is 0 Å². The minimum absolute atomic E-state index is 0.0882. The highest BCUT2D eigenvalue weighted by Crippen LogP contribution is 2.35. The van der Waals surface area contributed by atoms with Gasteiger partial charge in [-0.2, -0.15) is 0 Å². The number of aromatic nitrogens is 3. The van der Waals surface area contributed by atoms with E-state index in [4.69, 9.17) is 14.0 Å². The maximum atomic E-state index is 12.7. The summed E-state index contributed by atoms with van der Waals surface area (Å²) in [5.41, 5.74) is 3.48. The highest BCUT2D eigenvalue weighted by molar-refractivity contribution is 7.92. The van der Waals surface area contributed by atoms with Crippen molar-refractivity contribution < 1.29 is 22.4 Å². The number of anilines is 3. The molecule has 2 aromatic heterocycles. The smallest absolute Gasteiger partial charge is 0.264 e. The zero-order valence-electron chi connectivity index (χ0n) is 17.7. The molecule has 1 aliphatic heterocycles. The molecule has 3 heterocycles. The number of rotatable bonds is 6. The zero-order chi connectivity index (χ0) is 23.0. The Hall–Kier alpha value is -4.12. The summed E-state index contributed by atoms with van der Waals surface area (Å²) in [6.45, 7) is 3.67. The molecule has 1 aliphatic rings. The normalized spacial score (nSPS) is 12.5. The van der Waals surface area contributed by atoms with Gasteiger partial charge < -0.3 is 19.3 Å². The van der Waals surface area contributed by atoms with Gasteiger partial charge in [-0.25, -0.2) is 23.1 Å².